The third kappa shape index (κ3) is 5.05. The van der Waals surface area contributed by atoms with Crippen LogP contribution in [0.2, 0.25) is 0 Å². The number of nitrogens with zero attached hydrogens (tertiary/aromatic N) is 1. The van der Waals surface area contributed by atoms with Gasteiger partial charge < -0.3 is 19.9 Å². The number of methoxy groups -OCH3 is 1. The number of carboxylic acid groups (broad SMARTS) is 1. The third-order valence-corrected chi connectivity index (χ3v) is 4.33. The topological polar surface area (TPSA) is 91.6 Å². The van der Waals surface area contributed by atoms with Crippen molar-refractivity contribution in [3.8, 4) is 17.6 Å². The molecule has 0 spiro atoms. The van der Waals surface area contributed by atoms with E-state index in [1.165, 1.54) is 7.11 Å². The van der Waals surface area contributed by atoms with Gasteiger partial charge in [-0.05, 0) is 47.5 Å². The smallest absolute Gasteiger partial charge is 0.330 e. The number of hydrogen-bond acceptors (Lipinski definition) is 5. The Hall–Kier alpha value is -3.98. The number of nitriles is 1. The van der Waals surface area contributed by atoms with Crippen molar-refractivity contribution in [1.29, 1.82) is 5.26 Å². The second-order valence-electron chi connectivity index (χ2n) is 6.29. The van der Waals surface area contributed by atoms with Crippen LogP contribution in [0, 0.1) is 11.3 Å². The number of carboxylic acids is 1. The van der Waals surface area contributed by atoms with E-state index >= 15 is 0 Å². The highest BCUT2D eigenvalue weighted by Crippen LogP contribution is 2.32. The van der Waals surface area contributed by atoms with E-state index in [1.807, 2.05) is 36.4 Å². The molecule has 0 saturated heterocycles. The fourth-order valence-electron chi connectivity index (χ4n) is 2.81. The largest absolute Gasteiger partial charge is 0.493 e. The predicted molar refractivity (Wildman–Crippen MR) is 109 cm³/mol. The number of benzene rings is 3. The Morgan fingerprint density at radius 1 is 1.07 bits per heavy atom. The molecule has 0 bridgehead atoms. The van der Waals surface area contributed by atoms with E-state index in [0.29, 0.717) is 34.9 Å². The van der Waals surface area contributed by atoms with Gasteiger partial charge in [-0.1, -0.05) is 36.4 Å². The number of nitrogens with one attached hydrogen (secondary N) is 1. The summed E-state index contributed by atoms with van der Waals surface area (Å²) in [6, 6.07) is 22.4. The van der Waals surface area contributed by atoms with Gasteiger partial charge in [-0.15, -0.1) is 0 Å². The lowest BCUT2D eigenvalue weighted by molar-refractivity contribution is -0.138. The molecule has 1 atom stereocenters. The average Bonchev–Trinajstić information content (AvgIpc) is 2.77. The quantitative estimate of drug-likeness (QED) is 0.595. The van der Waals surface area contributed by atoms with Gasteiger partial charge in [0.25, 0.3) is 0 Å². The maximum absolute atomic E-state index is 11.8. The van der Waals surface area contributed by atoms with Crippen molar-refractivity contribution < 1.29 is 19.4 Å². The number of rotatable bonds is 8. The normalized spacial score (nSPS) is 11.2. The van der Waals surface area contributed by atoms with Gasteiger partial charge in [0.15, 0.2) is 17.5 Å². The fourth-order valence-corrected chi connectivity index (χ4v) is 2.81. The van der Waals surface area contributed by atoms with Crippen molar-refractivity contribution in [2.45, 2.75) is 12.6 Å². The van der Waals surface area contributed by atoms with E-state index in [4.69, 9.17) is 14.7 Å². The summed E-state index contributed by atoms with van der Waals surface area (Å²) in [5.41, 5.74) is 2.64. The monoisotopic (exact) mass is 388 g/mol. The molecule has 0 aliphatic rings. The van der Waals surface area contributed by atoms with Crippen molar-refractivity contribution in [2.24, 2.45) is 0 Å². The van der Waals surface area contributed by atoms with E-state index in [9.17, 15) is 9.90 Å². The first-order valence-corrected chi connectivity index (χ1v) is 8.95. The molecule has 6 nitrogen and oxygen atoms in total. The predicted octanol–water partition coefficient (Wildman–Crippen LogP) is 4.38. The highest BCUT2D eigenvalue weighted by atomic mass is 16.5. The summed E-state index contributed by atoms with van der Waals surface area (Å²) in [5, 5.41) is 21.5. The zero-order chi connectivity index (χ0) is 20.6. The zero-order valence-electron chi connectivity index (χ0n) is 15.8. The molecule has 6 heteroatoms. The van der Waals surface area contributed by atoms with E-state index in [0.717, 1.165) is 5.56 Å². The molecular weight excluding hydrogens is 368 g/mol. The van der Waals surface area contributed by atoms with Gasteiger partial charge in [0.1, 0.15) is 6.61 Å². The minimum absolute atomic E-state index is 0.377. The van der Waals surface area contributed by atoms with Gasteiger partial charge in [0.2, 0.25) is 0 Å². The van der Waals surface area contributed by atoms with Crippen LogP contribution in [0.5, 0.6) is 11.5 Å². The Balaban J connectivity index is 1.79. The zero-order valence-corrected chi connectivity index (χ0v) is 15.8. The van der Waals surface area contributed by atoms with Crippen LogP contribution in [0.4, 0.5) is 5.69 Å². The molecule has 1 unspecified atom stereocenters. The van der Waals surface area contributed by atoms with E-state index in [1.54, 1.807) is 42.5 Å². The van der Waals surface area contributed by atoms with Crippen molar-refractivity contribution in [2.75, 3.05) is 12.4 Å². The summed E-state index contributed by atoms with van der Waals surface area (Å²) in [6.45, 7) is 0.377. The summed E-state index contributed by atoms with van der Waals surface area (Å²) in [5.74, 6) is -0.0525. The first kappa shape index (κ1) is 19.8. The van der Waals surface area contributed by atoms with Gasteiger partial charge in [-0.3, -0.25) is 0 Å². The fraction of sp³-hybridized carbons (Fsp3) is 0.130. The Bertz CT molecular complexity index is 1010. The molecule has 0 saturated carbocycles. The van der Waals surface area contributed by atoms with Crippen LogP contribution in [0.3, 0.4) is 0 Å². The molecule has 3 rings (SSSR count). The van der Waals surface area contributed by atoms with E-state index in [2.05, 4.69) is 5.32 Å². The molecule has 0 aliphatic heterocycles. The Kier molecular flexibility index (Phi) is 6.33. The Labute approximate surface area is 168 Å². The molecule has 29 heavy (non-hydrogen) atoms. The molecule has 0 fully saturated rings. The minimum atomic E-state index is -1.03. The lowest BCUT2D eigenvalue weighted by atomic mass is 10.1. The van der Waals surface area contributed by atoms with Gasteiger partial charge >= 0.3 is 5.97 Å². The molecule has 3 aromatic rings. The van der Waals surface area contributed by atoms with Gasteiger partial charge in [-0.2, -0.15) is 5.26 Å². The standard InChI is InChI=1S/C23H20N2O4/c1-28-21-13-18(9-12-20(21)29-15-17-5-3-2-4-6-17)22(23(26)27)25-19-10-7-16(14-24)8-11-19/h2-13,22,25H,15H2,1H3,(H,26,27). The first-order chi connectivity index (χ1) is 14.1. The molecule has 0 amide bonds. The highest BCUT2D eigenvalue weighted by Gasteiger charge is 2.21. The van der Waals surface area contributed by atoms with E-state index < -0.39 is 12.0 Å². The van der Waals surface area contributed by atoms with Crippen LogP contribution in [0.1, 0.15) is 22.7 Å². The number of anilines is 1. The second-order valence-corrected chi connectivity index (χ2v) is 6.29. The summed E-state index contributed by atoms with van der Waals surface area (Å²) in [4.78, 5) is 11.8. The lowest BCUT2D eigenvalue weighted by Gasteiger charge is -2.18. The van der Waals surface area contributed by atoms with Crippen LogP contribution >= 0.6 is 0 Å². The SMILES string of the molecule is COc1cc(C(Nc2ccc(C#N)cc2)C(=O)O)ccc1OCc1ccccc1. The maximum Gasteiger partial charge on any atom is 0.330 e. The number of carbonyl (C=O) groups is 1. The Morgan fingerprint density at radius 2 is 1.79 bits per heavy atom. The molecule has 146 valence electrons. The van der Waals surface area contributed by atoms with Crippen LogP contribution < -0.4 is 14.8 Å². The van der Waals surface area contributed by atoms with Crippen molar-refractivity contribution in [3.05, 3.63) is 89.5 Å². The van der Waals surface area contributed by atoms with Crippen LogP contribution in [0.25, 0.3) is 0 Å². The van der Waals surface area contributed by atoms with Gasteiger partial charge in [0, 0.05) is 5.69 Å². The number of aliphatic carboxylic acids is 1. The lowest BCUT2D eigenvalue weighted by Crippen LogP contribution is -2.20. The van der Waals surface area contributed by atoms with Crippen molar-refractivity contribution in [1.82, 2.24) is 0 Å². The summed E-state index contributed by atoms with van der Waals surface area (Å²) in [7, 11) is 1.51. The van der Waals surface area contributed by atoms with Crippen LogP contribution in [-0.4, -0.2) is 18.2 Å². The molecule has 2 N–H and O–H groups in total. The van der Waals surface area contributed by atoms with Crippen LogP contribution in [-0.2, 0) is 11.4 Å². The highest BCUT2D eigenvalue weighted by molar-refractivity contribution is 5.79. The van der Waals surface area contributed by atoms with Crippen LogP contribution in [0.15, 0.2) is 72.8 Å². The first-order valence-electron chi connectivity index (χ1n) is 8.95. The average molecular weight is 388 g/mol. The molecular formula is C23H20N2O4. The number of hydrogen-bond donors (Lipinski definition) is 2. The number of ether oxygens (including phenoxy) is 2. The maximum atomic E-state index is 11.8. The summed E-state index contributed by atoms with van der Waals surface area (Å²) >= 11 is 0. The molecule has 0 aromatic heterocycles. The van der Waals surface area contributed by atoms with Gasteiger partial charge in [0.05, 0.1) is 18.7 Å². The van der Waals surface area contributed by atoms with E-state index in [-0.39, 0.29) is 0 Å². The Morgan fingerprint density at radius 3 is 2.41 bits per heavy atom. The summed E-state index contributed by atoms with van der Waals surface area (Å²) < 4.78 is 11.2. The third-order valence-electron chi connectivity index (χ3n) is 4.33. The molecule has 3 aromatic carbocycles. The molecule has 0 heterocycles. The molecule has 0 aliphatic carbocycles. The molecule has 0 radical (unpaired) electrons. The summed E-state index contributed by atoms with van der Waals surface area (Å²) in [6.07, 6.45) is 0. The van der Waals surface area contributed by atoms with Gasteiger partial charge in [-0.25, -0.2) is 4.79 Å². The van der Waals surface area contributed by atoms with Crippen molar-refractivity contribution in [3.63, 3.8) is 0 Å². The minimum Gasteiger partial charge on any atom is -0.493 e. The second kappa shape index (κ2) is 9.29. The van der Waals surface area contributed by atoms with Crippen molar-refractivity contribution >= 4 is 11.7 Å².